The van der Waals surface area contributed by atoms with E-state index in [1.165, 1.54) is 11.8 Å². The molecule has 0 aliphatic heterocycles. The predicted octanol–water partition coefficient (Wildman–Crippen LogP) is 5.28. The van der Waals surface area contributed by atoms with Crippen LogP contribution in [0.2, 0.25) is 0 Å². The molecule has 34 heavy (non-hydrogen) atoms. The predicted molar refractivity (Wildman–Crippen MR) is 134 cm³/mol. The van der Waals surface area contributed by atoms with Crippen molar-refractivity contribution in [1.82, 2.24) is 14.8 Å². The second-order valence-electron chi connectivity index (χ2n) is 7.44. The van der Waals surface area contributed by atoms with Crippen LogP contribution in [0.15, 0.2) is 84.0 Å². The summed E-state index contributed by atoms with van der Waals surface area (Å²) in [5.74, 6) is 2.06. The number of para-hydroxylation sites is 3. The smallest absolute Gasteiger partial charge is 0.234 e. The lowest BCUT2D eigenvalue weighted by Gasteiger charge is -2.12. The van der Waals surface area contributed by atoms with Crippen LogP contribution in [0.1, 0.15) is 18.3 Å². The maximum atomic E-state index is 12.7. The number of amides is 1. The lowest BCUT2D eigenvalue weighted by molar-refractivity contribution is -0.113. The Morgan fingerprint density at radius 2 is 1.68 bits per heavy atom. The maximum absolute atomic E-state index is 12.7. The van der Waals surface area contributed by atoms with E-state index < -0.39 is 0 Å². The number of thioether (sulfide) groups is 1. The van der Waals surface area contributed by atoms with Gasteiger partial charge in [-0.3, -0.25) is 9.36 Å². The van der Waals surface area contributed by atoms with Gasteiger partial charge in [0, 0.05) is 5.69 Å². The fourth-order valence-corrected chi connectivity index (χ4v) is 4.04. The number of carbonyl (C=O) groups excluding carboxylic acids is 1. The zero-order chi connectivity index (χ0) is 23.8. The molecule has 1 N–H and O–H groups in total. The Kier molecular flexibility index (Phi) is 7.83. The number of hydrogen-bond acceptors (Lipinski definition) is 6. The minimum Gasteiger partial charge on any atom is -0.492 e. The van der Waals surface area contributed by atoms with Crippen molar-refractivity contribution in [3.05, 3.63) is 90.3 Å². The number of benzene rings is 3. The van der Waals surface area contributed by atoms with Crippen molar-refractivity contribution >= 4 is 23.4 Å². The Hall–Kier alpha value is -3.78. The Morgan fingerprint density at radius 1 is 0.941 bits per heavy atom. The van der Waals surface area contributed by atoms with Crippen molar-refractivity contribution in [2.24, 2.45) is 0 Å². The quantitative estimate of drug-likeness (QED) is 0.315. The average molecular weight is 475 g/mol. The molecule has 1 amide bonds. The first-order chi connectivity index (χ1) is 16.6. The number of ether oxygens (including phenoxy) is 2. The highest BCUT2D eigenvalue weighted by Gasteiger charge is 2.17. The van der Waals surface area contributed by atoms with Crippen LogP contribution in [0.25, 0.3) is 5.69 Å². The van der Waals surface area contributed by atoms with Crippen LogP contribution >= 0.6 is 11.8 Å². The number of anilines is 1. The molecule has 3 aromatic carbocycles. The van der Waals surface area contributed by atoms with E-state index in [9.17, 15) is 4.79 Å². The van der Waals surface area contributed by atoms with Crippen molar-refractivity contribution in [1.29, 1.82) is 0 Å². The van der Waals surface area contributed by atoms with Crippen LogP contribution in [0.3, 0.4) is 0 Å². The molecule has 1 heterocycles. The van der Waals surface area contributed by atoms with Crippen LogP contribution in [0, 0.1) is 6.92 Å². The Morgan fingerprint density at radius 3 is 2.44 bits per heavy atom. The molecular weight excluding hydrogens is 448 g/mol. The van der Waals surface area contributed by atoms with Gasteiger partial charge in [0.25, 0.3) is 0 Å². The second-order valence-corrected chi connectivity index (χ2v) is 8.38. The number of aromatic nitrogens is 3. The van der Waals surface area contributed by atoms with E-state index in [1.54, 1.807) is 0 Å². The van der Waals surface area contributed by atoms with Crippen molar-refractivity contribution in [2.75, 3.05) is 17.7 Å². The number of nitrogens with zero attached hydrogens (tertiary/aromatic N) is 3. The molecule has 0 radical (unpaired) electrons. The van der Waals surface area contributed by atoms with Gasteiger partial charge in [-0.1, -0.05) is 59.8 Å². The normalized spacial score (nSPS) is 10.6. The van der Waals surface area contributed by atoms with Crippen molar-refractivity contribution in [2.45, 2.75) is 25.6 Å². The summed E-state index contributed by atoms with van der Waals surface area (Å²) in [5.41, 5.74) is 2.71. The van der Waals surface area contributed by atoms with E-state index >= 15 is 0 Å². The Balaban J connectivity index is 1.50. The highest BCUT2D eigenvalue weighted by molar-refractivity contribution is 7.99. The van der Waals surface area contributed by atoms with Gasteiger partial charge in [0.15, 0.2) is 11.0 Å². The summed E-state index contributed by atoms with van der Waals surface area (Å²) in [6.07, 6.45) is 0. The fraction of sp³-hybridized carbons (Fsp3) is 0.192. The van der Waals surface area contributed by atoms with Gasteiger partial charge in [-0.2, -0.15) is 0 Å². The number of rotatable bonds is 10. The lowest BCUT2D eigenvalue weighted by atomic mass is 10.2. The summed E-state index contributed by atoms with van der Waals surface area (Å²) in [6.45, 7) is 4.72. The van der Waals surface area contributed by atoms with Gasteiger partial charge in [0.1, 0.15) is 18.1 Å². The molecule has 1 aromatic heterocycles. The molecule has 0 aliphatic rings. The molecule has 4 aromatic rings. The molecule has 0 unspecified atom stereocenters. The zero-order valence-electron chi connectivity index (χ0n) is 19.1. The Bertz CT molecular complexity index is 1230. The van der Waals surface area contributed by atoms with Crippen LogP contribution in [0.5, 0.6) is 11.5 Å². The summed E-state index contributed by atoms with van der Waals surface area (Å²) in [7, 11) is 0. The lowest BCUT2D eigenvalue weighted by Crippen LogP contribution is -2.15. The van der Waals surface area contributed by atoms with Gasteiger partial charge in [-0.25, -0.2) is 0 Å². The van der Waals surface area contributed by atoms with E-state index in [0.717, 1.165) is 17.0 Å². The number of nitrogens with one attached hydrogen (secondary N) is 1. The molecule has 0 bridgehead atoms. The van der Waals surface area contributed by atoms with Crippen LogP contribution < -0.4 is 14.8 Å². The highest BCUT2D eigenvalue weighted by Crippen LogP contribution is 2.26. The Labute approximate surface area is 203 Å². The third-order valence-electron chi connectivity index (χ3n) is 4.90. The van der Waals surface area contributed by atoms with Crippen molar-refractivity contribution in [3.63, 3.8) is 0 Å². The number of carbonyl (C=O) groups is 1. The first-order valence-corrected chi connectivity index (χ1v) is 12.0. The largest absolute Gasteiger partial charge is 0.492 e. The first-order valence-electron chi connectivity index (χ1n) is 11.0. The average Bonchev–Trinajstić information content (AvgIpc) is 3.27. The summed E-state index contributed by atoms with van der Waals surface area (Å²) < 4.78 is 13.4. The van der Waals surface area contributed by atoms with Crippen molar-refractivity contribution < 1.29 is 14.3 Å². The zero-order valence-corrected chi connectivity index (χ0v) is 19.9. The molecule has 0 fully saturated rings. The maximum Gasteiger partial charge on any atom is 0.234 e. The van der Waals surface area contributed by atoms with Crippen molar-refractivity contribution in [3.8, 4) is 17.2 Å². The van der Waals surface area contributed by atoms with Gasteiger partial charge < -0.3 is 14.8 Å². The molecule has 0 spiro atoms. The van der Waals surface area contributed by atoms with Gasteiger partial charge in [0.05, 0.1) is 18.0 Å². The molecule has 0 saturated carbocycles. The molecular formula is C26H26N4O3S. The van der Waals surface area contributed by atoms with E-state index in [4.69, 9.17) is 9.47 Å². The molecule has 4 rings (SSSR count). The van der Waals surface area contributed by atoms with Gasteiger partial charge >= 0.3 is 0 Å². The van der Waals surface area contributed by atoms with E-state index in [0.29, 0.717) is 29.0 Å². The van der Waals surface area contributed by atoms with E-state index in [-0.39, 0.29) is 18.3 Å². The molecule has 174 valence electrons. The van der Waals surface area contributed by atoms with Crippen LogP contribution in [0.4, 0.5) is 5.69 Å². The molecule has 0 atom stereocenters. The summed E-state index contributed by atoms with van der Waals surface area (Å²) >= 11 is 1.32. The SMILES string of the molecule is CCOc1ccccc1NC(=O)CSc1nnc(COc2ccccc2)n1-c1ccc(C)cc1. The number of aryl methyl sites for hydroxylation is 1. The summed E-state index contributed by atoms with van der Waals surface area (Å²) in [6, 6.07) is 25.0. The molecule has 0 aliphatic carbocycles. The highest BCUT2D eigenvalue weighted by atomic mass is 32.2. The van der Waals surface area contributed by atoms with Crippen LogP contribution in [-0.4, -0.2) is 33.0 Å². The monoisotopic (exact) mass is 474 g/mol. The topological polar surface area (TPSA) is 78.3 Å². The minimum atomic E-state index is -0.155. The third kappa shape index (κ3) is 5.96. The molecule has 7 nitrogen and oxygen atoms in total. The molecule has 8 heteroatoms. The third-order valence-corrected chi connectivity index (χ3v) is 5.83. The molecule has 0 saturated heterocycles. The van der Waals surface area contributed by atoms with Gasteiger partial charge in [0.2, 0.25) is 5.91 Å². The second kappa shape index (κ2) is 11.4. The van der Waals surface area contributed by atoms with Crippen LogP contribution in [-0.2, 0) is 11.4 Å². The minimum absolute atomic E-state index is 0.155. The number of hydrogen-bond donors (Lipinski definition) is 1. The van der Waals surface area contributed by atoms with E-state index in [1.807, 2.05) is 97.3 Å². The fourth-order valence-electron chi connectivity index (χ4n) is 3.27. The van der Waals surface area contributed by atoms with Gasteiger partial charge in [-0.05, 0) is 50.2 Å². The summed E-state index contributed by atoms with van der Waals surface area (Å²) in [5, 5.41) is 12.2. The summed E-state index contributed by atoms with van der Waals surface area (Å²) in [4.78, 5) is 12.7. The first kappa shape index (κ1) is 23.4. The standard InChI is InChI=1S/C26H26N4O3S/c1-3-32-23-12-8-7-11-22(23)27-25(31)18-34-26-29-28-24(17-33-21-9-5-4-6-10-21)30(26)20-15-13-19(2)14-16-20/h4-16H,3,17-18H2,1-2H3,(H,27,31). The van der Waals surface area contributed by atoms with E-state index in [2.05, 4.69) is 15.5 Å². The van der Waals surface area contributed by atoms with Gasteiger partial charge in [-0.15, -0.1) is 10.2 Å².